The summed E-state index contributed by atoms with van der Waals surface area (Å²) in [6.45, 7) is 7.19. The topological polar surface area (TPSA) is 87.0 Å². The van der Waals surface area contributed by atoms with Crippen LogP contribution in [0.3, 0.4) is 0 Å². The molecule has 2 aromatic heterocycles. The number of rotatable bonds is 3. The van der Waals surface area contributed by atoms with E-state index in [1.807, 2.05) is 19.9 Å². The minimum atomic E-state index is -0.318. The van der Waals surface area contributed by atoms with E-state index in [0.29, 0.717) is 31.7 Å². The summed E-state index contributed by atoms with van der Waals surface area (Å²) in [6.07, 6.45) is 1.72. The van der Waals surface area contributed by atoms with Crippen molar-refractivity contribution in [2.45, 2.75) is 26.8 Å². The van der Waals surface area contributed by atoms with Crippen molar-refractivity contribution in [1.82, 2.24) is 24.5 Å². The van der Waals surface area contributed by atoms with E-state index in [9.17, 15) is 14.4 Å². The predicted octanol–water partition coefficient (Wildman–Crippen LogP) is 0.777. The molecule has 0 aliphatic carbocycles. The molecule has 0 radical (unpaired) electrons. The first kappa shape index (κ1) is 17.9. The zero-order valence-corrected chi connectivity index (χ0v) is 15.2. The Bertz CT molecular complexity index is 850. The lowest BCUT2D eigenvalue weighted by molar-refractivity contribution is -0.130. The van der Waals surface area contributed by atoms with Gasteiger partial charge in [0.2, 0.25) is 11.7 Å². The molecule has 0 bridgehead atoms. The third-order valence-electron chi connectivity index (χ3n) is 4.39. The molecule has 2 aromatic rings. The van der Waals surface area contributed by atoms with Gasteiger partial charge in [-0.1, -0.05) is 6.07 Å². The molecule has 3 amide bonds. The highest BCUT2D eigenvalue weighted by atomic mass is 16.2. The second-order valence-electron chi connectivity index (χ2n) is 6.67. The highest BCUT2D eigenvalue weighted by Crippen LogP contribution is 2.17. The molecule has 8 heteroatoms. The Kier molecular flexibility index (Phi) is 4.92. The fourth-order valence-electron chi connectivity index (χ4n) is 3.06. The van der Waals surface area contributed by atoms with Crippen molar-refractivity contribution in [1.29, 1.82) is 0 Å². The summed E-state index contributed by atoms with van der Waals surface area (Å²) >= 11 is 0. The Morgan fingerprint density at radius 2 is 1.73 bits per heavy atom. The van der Waals surface area contributed by atoms with Gasteiger partial charge in [0.05, 0.1) is 5.52 Å². The second kappa shape index (κ2) is 7.15. The maximum absolute atomic E-state index is 13.0. The van der Waals surface area contributed by atoms with Crippen LogP contribution in [0.25, 0.3) is 5.52 Å². The predicted molar refractivity (Wildman–Crippen MR) is 96.0 cm³/mol. The Morgan fingerprint density at radius 3 is 2.35 bits per heavy atom. The lowest BCUT2D eigenvalue weighted by Crippen LogP contribution is -2.50. The van der Waals surface area contributed by atoms with Gasteiger partial charge in [-0.05, 0) is 26.0 Å². The van der Waals surface area contributed by atoms with Gasteiger partial charge in [0.15, 0.2) is 5.69 Å². The Balaban J connectivity index is 1.89. The molecule has 1 saturated heterocycles. The third-order valence-corrected chi connectivity index (χ3v) is 4.39. The molecule has 0 aromatic carbocycles. The normalized spacial score (nSPS) is 14.8. The summed E-state index contributed by atoms with van der Waals surface area (Å²) in [4.78, 5) is 44.6. The summed E-state index contributed by atoms with van der Waals surface area (Å²) in [6, 6.07) is 5.35. The monoisotopic (exact) mass is 357 g/mol. The Labute approximate surface area is 151 Å². The van der Waals surface area contributed by atoms with Crippen molar-refractivity contribution in [2.75, 3.05) is 26.2 Å². The zero-order valence-electron chi connectivity index (χ0n) is 15.2. The highest BCUT2D eigenvalue weighted by Gasteiger charge is 2.28. The molecule has 3 rings (SSSR count). The number of pyridine rings is 1. The lowest BCUT2D eigenvalue weighted by Gasteiger charge is -2.33. The molecule has 1 N–H and O–H groups in total. The van der Waals surface area contributed by atoms with Crippen LogP contribution < -0.4 is 5.32 Å². The van der Waals surface area contributed by atoms with E-state index < -0.39 is 0 Å². The van der Waals surface area contributed by atoms with E-state index in [2.05, 4.69) is 10.3 Å². The largest absolute Gasteiger partial charge is 0.347 e. The van der Waals surface area contributed by atoms with Crippen LogP contribution in [0.15, 0.2) is 24.4 Å². The van der Waals surface area contributed by atoms with Gasteiger partial charge in [-0.2, -0.15) is 0 Å². The highest BCUT2D eigenvalue weighted by molar-refractivity contribution is 6.02. The molecular formula is C18H23N5O3. The fourth-order valence-corrected chi connectivity index (χ4v) is 3.06. The SMILES string of the molecule is CC(=O)N1CCN(C(=O)c2nc(C(=O)NC(C)C)n3ccccc23)CC1. The minimum absolute atomic E-state index is 0.0113. The smallest absolute Gasteiger partial charge is 0.287 e. The molecule has 26 heavy (non-hydrogen) atoms. The molecule has 1 aliphatic rings. The van der Waals surface area contributed by atoms with Crippen LogP contribution in [0.2, 0.25) is 0 Å². The van der Waals surface area contributed by atoms with Crippen molar-refractivity contribution in [2.24, 2.45) is 0 Å². The van der Waals surface area contributed by atoms with E-state index in [1.54, 1.807) is 32.5 Å². The van der Waals surface area contributed by atoms with Crippen molar-refractivity contribution in [3.05, 3.63) is 35.9 Å². The quantitative estimate of drug-likeness (QED) is 0.879. The summed E-state index contributed by atoms with van der Waals surface area (Å²) in [7, 11) is 0. The average Bonchev–Trinajstić information content (AvgIpc) is 3.00. The molecule has 138 valence electrons. The van der Waals surface area contributed by atoms with Gasteiger partial charge in [0, 0.05) is 45.3 Å². The molecule has 0 saturated carbocycles. The van der Waals surface area contributed by atoms with Crippen LogP contribution in [0.1, 0.15) is 41.9 Å². The van der Waals surface area contributed by atoms with Crippen LogP contribution in [0.5, 0.6) is 0 Å². The van der Waals surface area contributed by atoms with Gasteiger partial charge >= 0.3 is 0 Å². The number of carbonyl (C=O) groups excluding carboxylic acids is 3. The zero-order chi connectivity index (χ0) is 18.8. The Hall–Kier alpha value is -2.90. The number of aromatic nitrogens is 2. The maximum atomic E-state index is 13.0. The molecule has 0 spiro atoms. The average molecular weight is 357 g/mol. The van der Waals surface area contributed by atoms with Gasteiger partial charge in [-0.15, -0.1) is 0 Å². The molecule has 1 aliphatic heterocycles. The van der Waals surface area contributed by atoms with Crippen molar-refractivity contribution >= 4 is 23.2 Å². The van der Waals surface area contributed by atoms with Crippen molar-refractivity contribution in [3.8, 4) is 0 Å². The standard InChI is InChI=1S/C18H23N5O3/c1-12(2)19-17(25)16-20-15(14-6-4-5-7-23(14)16)18(26)22-10-8-21(9-11-22)13(3)24/h4-7,12H,8-11H2,1-3H3,(H,19,25). The van der Waals surface area contributed by atoms with Crippen LogP contribution in [-0.4, -0.2) is 69.1 Å². The molecule has 0 atom stereocenters. The summed E-state index contributed by atoms with van der Waals surface area (Å²) < 4.78 is 1.64. The van der Waals surface area contributed by atoms with Gasteiger partial charge in [-0.25, -0.2) is 4.98 Å². The number of piperazine rings is 1. The first-order valence-corrected chi connectivity index (χ1v) is 8.71. The number of nitrogens with zero attached hydrogens (tertiary/aromatic N) is 4. The van der Waals surface area contributed by atoms with Crippen molar-refractivity contribution in [3.63, 3.8) is 0 Å². The van der Waals surface area contributed by atoms with Gasteiger partial charge in [0.1, 0.15) is 0 Å². The van der Waals surface area contributed by atoms with Gasteiger partial charge < -0.3 is 15.1 Å². The van der Waals surface area contributed by atoms with Gasteiger partial charge in [0.25, 0.3) is 11.8 Å². The summed E-state index contributed by atoms with van der Waals surface area (Å²) in [5.74, 6) is -0.334. The van der Waals surface area contributed by atoms with E-state index in [-0.39, 0.29) is 35.3 Å². The second-order valence-corrected chi connectivity index (χ2v) is 6.67. The number of amides is 3. The van der Waals surface area contributed by atoms with Gasteiger partial charge in [-0.3, -0.25) is 18.8 Å². The van der Waals surface area contributed by atoms with Crippen LogP contribution in [0, 0.1) is 0 Å². The fraction of sp³-hybridized carbons (Fsp3) is 0.444. The number of carbonyl (C=O) groups is 3. The molecule has 1 fully saturated rings. The van der Waals surface area contributed by atoms with E-state index in [1.165, 1.54) is 6.92 Å². The first-order chi connectivity index (χ1) is 12.4. The van der Waals surface area contributed by atoms with Crippen LogP contribution >= 0.6 is 0 Å². The molecule has 0 unspecified atom stereocenters. The van der Waals surface area contributed by atoms with Crippen LogP contribution in [0.4, 0.5) is 0 Å². The van der Waals surface area contributed by atoms with Crippen molar-refractivity contribution < 1.29 is 14.4 Å². The van der Waals surface area contributed by atoms with Crippen LogP contribution in [-0.2, 0) is 4.79 Å². The third kappa shape index (κ3) is 3.40. The van der Waals surface area contributed by atoms with E-state index in [4.69, 9.17) is 0 Å². The maximum Gasteiger partial charge on any atom is 0.287 e. The minimum Gasteiger partial charge on any atom is -0.347 e. The number of nitrogens with one attached hydrogen (secondary N) is 1. The number of imidazole rings is 1. The number of hydrogen-bond donors (Lipinski definition) is 1. The van der Waals surface area contributed by atoms with E-state index >= 15 is 0 Å². The number of fused-ring (bicyclic) bond motifs is 1. The molecule has 3 heterocycles. The Morgan fingerprint density at radius 1 is 1.08 bits per heavy atom. The van der Waals surface area contributed by atoms with E-state index in [0.717, 1.165) is 0 Å². The first-order valence-electron chi connectivity index (χ1n) is 8.71. The summed E-state index contributed by atoms with van der Waals surface area (Å²) in [5, 5.41) is 2.81. The summed E-state index contributed by atoms with van der Waals surface area (Å²) in [5.41, 5.74) is 0.858. The lowest BCUT2D eigenvalue weighted by atomic mass is 10.2. The number of hydrogen-bond acceptors (Lipinski definition) is 4. The molecular weight excluding hydrogens is 334 g/mol. The molecule has 8 nitrogen and oxygen atoms in total.